The number of hydrogen-bond donors (Lipinski definition) is 1. The Bertz CT molecular complexity index is 735. The van der Waals surface area contributed by atoms with Crippen LogP contribution in [-0.2, 0) is 13.2 Å². The van der Waals surface area contributed by atoms with Crippen LogP contribution in [0.1, 0.15) is 16.7 Å². The van der Waals surface area contributed by atoms with E-state index in [4.69, 9.17) is 4.74 Å². The summed E-state index contributed by atoms with van der Waals surface area (Å²) >= 11 is 0. The van der Waals surface area contributed by atoms with Gasteiger partial charge >= 0.3 is 0 Å². The third-order valence-corrected chi connectivity index (χ3v) is 3.80. The van der Waals surface area contributed by atoms with Crippen LogP contribution in [0.2, 0.25) is 0 Å². The van der Waals surface area contributed by atoms with Gasteiger partial charge in [0, 0.05) is 12.2 Å². The second-order valence-corrected chi connectivity index (χ2v) is 5.59. The first-order valence-corrected chi connectivity index (χ1v) is 7.86. The van der Waals surface area contributed by atoms with E-state index in [1.54, 1.807) is 0 Å². The van der Waals surface area contributed by atoms with Crippen molar-refractivity contribution in [3.63, 3.8) is 0 Å². The van der Waals surface area contributed by atoms with E-state index in [-0.39, 0.29) is 0 Å². The molecule has 3 aromatic rings. The van der Waals surface area contributed by atoms with Gasteiger partial charge in [0.25, 0.3) is 0 Å². The highest BCUT2D eigenvalue weighted by molar-refractivity contribution is 5.50. The van der Waals surface area contributed by atoms with E-state index in [1.165, 1.54) is 22.4 Å². The van der Waals surface area contributed by atoms with Gasteiger partial charge in [0.15, 0.2) is 0 Å². The smallest absolute Gasteiger partial charge is 0.119 e. The molecule has 2 heteroatoms. The lowest BCUT2D eigenvalue weighted by molar-refractivity contribution is 0.306. The molecule has 0 fully saturated rings. The Hall–Kier alpha value is -2.74. The SMILES string of the molecule is Cc1ccccc1NCc1ccc(OCc2ccccc2)cc1. The van der Waals surface area contributed by atoms with Crippen LogP contribution in [0.5, 0.6) is 5.75 Å². The van der Waals surface area contributed by atoms with Gasteiger partial charge in [-0.05, 0) is 41.8 Å². The molecule has 2 nitrogen and oxygen atoms in total. The number of nitrogens with one attached hydrogen (secondary N) is 1. The first kappa shape index (κ1) is 15.2. The monoisotopic (exact) mass is 303 g/mol. The first-order valence-electron chi connectivity index (χ1n) is 7.86. The minimum absolute atomic E-state index is 0.599. The summed E-state index contributed by atoms with van der Waals surface area (Å²) in [5.41, 5.74) is 4.85. The highest BCUT2D eigenvalue weighted by Crippen LogP contribution is 2.17. The normalized spacial score (nSPS) is 10.3. The Morgan fingerprint density at radius 2 is 1.43 bits per heavy atom. The fourth-order valence-corrected chi connectivity index (χ4v) is 2.41. The van der Waals surface area contributed by atoms with Crippen molar-refractivity contribution in [2.24, 2.45) is 0 Å². The summed E-state index contributed by atoms with van der Waals surface area (Å²) in [5, 5.41) is 3.47. The molecule has 0 atom stereocenters. The third-order valence-electron chi connectivity index (χ3n) is 3.80. The number of benzene rings is 3. The summed E-state index contributed by atoms with van der Waals surface area (Å²) in [7, 11) is 0. The molecule has 0 aliphatic heterocycles. The number of hydrogen-bond acceptors (Lipinski definition) is 2. The van der Waals surface area contributed by atoms with E-state index in [0.29, 0.717) is 6.61 Å². The zero-order valence-electron chi connectivity index (χ0n) is 13.3. The zero-order valence-corrected chi connectivity index (χ0v) is 13.3. The summed E-state index contributed by atoms with van der Waals surface area (Å²) in [5.74, 6) is 0.897. The van der Waals surface area contributed by atoms with Crippen LogP contribution < -0.4 is 10.1 Å². The number of rotatable bonds is 6. The maximum atomic E-state index is 5.81. The summed E-state index contributed by atoms with van der Waals surface area (Å²) < 4.78 is 5.81. The van der Waals surface area contributed by atoms with E-state index >= 15 is 0 Å². The molecule has 0 heterocycles. The van der Waals surface area contributed by atoms with Crippen LogP contribution in [0.4, 0.5) is 5.69 Å². The van der Waals surface area contributed by atoms with Gasteiger partial charge in [-0.15, -0.1) is 0 Å². The summed E-state index contributed by atoms with van der Waals surface area (Å²) in [6, 6.07) is 26.8. The molecule has 23 heavy (non-hydrogen) atoms. The van der Waals surface area contributed by atoms with Crippen LogP contribution in [0.3, 0.4) is 0 Å². The molecule has 1 N–H and O–H groups in total. The standard InChI is InChI=1S/C21H21NO/c1-17-7-5-6-10-21(17)22-15-18-11-13-20(14-12-18)23-16-19-8-3-2-4-9-19/h2-14,22H,15-16H2,1H3. The van der Waals surface area contributed by atoms with Gasteiger partial charge < -0.3 is 10.1 Å². The highest BCUT2D eigenvalue weighted by atomic mass is 16.5. The molecule has 0 bridgehead atoms. The van der Waals surface area contributed by atoms with Gasteiger partial charge in [-0.25, -0.2) is 0 Å². The Labute approximate surface area is 137 Å². The molecular weight excluding hydrogens is 282 g/mol. The van der Waals surface area contributed by atoms with E-state index in [2.05, 4.69) is 60.8 Å². The highest BCUT2D eigenvalue weighted by Gasteiger charge is 1.99. The van der Waals surface area contributed by atoms with Gasteiger partial charge in [0.05, 0.1) is 0 Å². The van der Waals surface area contributed by atoms with Gasteiger partial charge in [-0.1, -0.05) is 60.7 Å². The Morgan fingerprint density at radius 1 is 0.739 bits per heavy atom. The molecule has 0 aliphatic carbocycles. The van der Waals surface area contributed by atoms with Crippen molar-refractivity contribution in [1.82, 2.24) is 0 Å². The number of ether oxygens (including phenoxy) is 1. The molecule has 0 aliphatic rings. The van der Waals surface area contributed by atoms with Crippen LogP contribution in [0.15, 0.2) is 78.9 Å². The van der Waals surface area contributed by atoms with E-state index in [9.17, 15) is 0 Å². The van der Waals surface area contributed by atoms with E-state index < -0.39 is 0 Å². The topological polar surface area (TPSA) is 21.3 Å². The number of para-hydroxylation sites is 1. The molecular formula is C21H21NO. The van der Waals surface area contributed by atoms with Crippen molar-refractivity contribution >= 4 is 5.69 Å². The Morgan fingerprint density at radius 3 is 2.17 bits per heavy atom. The predicted octanol–water partition coefficient (Wildman–Crippen LogP) is 5.19. The molecule has 0 spiro atoms. The van der Waals surface area contributed by atoms with Gasteiger partial charge in [-0.2, -0.15) is 0 Å². The van der Waals surface area contributed by atoms with E-state index in [1.807, 2.05) is 30.3 Å². The van der Waals surface area contributed by atoms with Crippen molar-refractivity contribution in [3.05, 3.63) is 95.6 Å². The average Bonchev–Trinajstić information content (AvgIpc) is 2.61. The molecule has 3 rings (SSSR count). The summed E-state index contributed by atoms with van der Waals surface area (Å²) in [4.78, 5) is 0. The van der Waals surface area contributed by atoms with E-state index in [0.717, 1.165) is 12.3 Å². The maximum absolute atomic E-state index is 5.81. The van der Waals surface area contributed by atoms with Crippen LogP contribution in [0.25, 0.3) is 0 Å². The van der Waals surface area contributed by atoms with Gasteiger partial charge in [0.1, 0.15) is 12.4 Å². The lowest BCUT2D eigenvalue weighted by atomic mass is 10.1. The van der Waals surface area contributed by atoms with Crippen LogP contribution >= 0.6 is 0 Å². The maximum Gasteiger partial charge on any atom is 0.119 e. The molecule has 0 unspecified atom stereocenters. The fourth-order valence-electron chi connectivity index (χ4n) is 2.41. The van der Waals surface area contributed by atoms with Crippen molar-refractivity contribution in [1.29, 1.82) is 0 Å². The molecule has 3 aromatic carbocycles. The van der Waals surface area contributed by atoms with Gasteiger partial charge in [0.2, 0.25) is 0 Å². The second-order valence-electron chi connectivity index (χ2n) is 5.59. The van der Waals surface area contributed by atoms with Gasteiger partial charge in [-0.3, -0.25) is 0 Å². The quantitative estimate of drug-likeness (QED) is 0.677. The fraction of sp³-hybridized carbons (Fsp3) is 0.143. The van der Waals surface area contributed by atoms with Crippen molar-refractivity contribution < 1.29 is 4.74 Å². The first-order chi connectivity index (χ1) is 11.3. The lowest BCUT2D eigenvalue weighted by Gasteiger charge is -2.10. The number of aryl methyl sites for hydroxylation is 1. The number of anilines is 1. The van der Waals surface area contributed by atoms with Crippen molar-refractivity contribution in [3.8, 4) is 5.75 Å². The summed E-state index contributed by atoms with van der Waals surface area (Å²) in [6.07, 6.45) is 0. The average molecular weight is 303 g/mol. The lowest BCUT2D eigenvalue weighted by Crippen LogP contribution is -2.01. The largest absolute Gasteiger partial charge is 0.489 e. The minimum atomic E-state index is 0.599. The zero-order chi connectivity index (χ0) is 15.9. The van der Waals surface area contributed by atoms with Crippen molar-refractivity contribution in [2.45, 2.75) is 20.1 Å². The Kier molecular flexibility index (Phi) is 4.95. The molecule has 0 saturated carbocycles. The predicted molar refractivity (Wildman–Crippen MR) is 95.7 cm³/mol. The molecule has 0 aromatic heterocycles. The minimum Gasteiger partial charge on any atom is -0.489 e. The van der Waals surface area contributed by atoms with Crippen LogP contribution in [0, 0.1) is 6.92 Å². The van der Waals surface area contributed by atoms with Crippen molar-refractivity contribution in [2.75, 3.05) is 5.32 Å². The third kappa shape index (κ3) is 4.36. The molecule has 116 valence electrons. The molecule has 0 radical (unpaired) electrons. The molecule has 0 amide bonds. The Balaban J connectivity index is 1.54. The molecule has 0 saturated heterocycles. The summed E-state index contributed by atoms with van der Waals surface area (Å²) in [6.45, 7) is 3.52. The van der Waals surface area contributed by atoms with Crippen LogP contribution in [-0.4, -0.2) is 0 Å². The second kappa shape index (κ2) is 7.50.